The summed E-state index contributed by atoms with van der Waals surface area (Å²) < 4.78 is 2.41. The predicted molar refractivity (Wildman–Crippen MR) is 226 cm³/mol. The second-order valence-corrected chi connectivity index (χ2v) is 15.1. The smallest absolute Gasteiger partial charge is 0.0726 e. The van der Waals surface area contributed by atoms with E-state index >= 15 is 0 Å². The first kappa shape index (κ1) is 30.9. The van der Waals surface area contributed by atoms with Gasteiger partial charge in [0.05, 0.1) is 16.4 Å². The fraction of sp³-hybridized carbons (Fsp3) is 0.0769. The van der Waals surface area contributed by atoms with Crippen LogP contribution in [-0.4, -0.2) is 4.57 Å². The zero-order valence-corrected chi connectivity index (χ0v) is 30.4. The highest BCUT2D eigenvalue weighted by Gasteiger charge is 2.51. The Kier molecular flexibility index (Phi) is 6.69. The molecule has 0 unspecified atom stereocenters. The number of anilines is 3. The lowest BCUT2D eigenvalue weighted by Gasteiger charge is -2.32. The Hall–Kier alpha value is -6.64. The highest BCUT2D eigenvalue weighted by Crippen LogP contribution is 2.63. The van der Waals surface area contributed by atoms with Crippen LogP contribution in [0.4, 0.5) is 17.1 Å². The van der Waals surface area contributed by atoms with Crippen LogP contribution in [-0.2, 0) is 5.41 Å². The van der Waals surface area contributed by atoms with E-state index in [2.05, 4.69) is 211 Å². The first-order valence-corrected chi connectivity index (χ1v) is 19.1. The van der Waals surface area contributed by atoms with Gasteiger partial charge in [0, 0.05) is 33.5 Å². The van der Waals surface area contributed by atoms with Crippen LogP contribution in [0.2, 0.25) is 0 Å². The number of hydrogen-bond acceptors (Lipinski definition) is 1. The van der Waals surface area contributed by atoms with Gasteiger partial charge in [-0.2, -0.15) is 0 Å². The molecule has 0 atom stereocenters. The SMILES string of the molecule is CC(C)c1ccc2c(c1)c1cc(N(c3ccccc3)c3ccc4c(c3)C3(c5ccccc5-c5ccccc53)c3ccccc3-4)ccc1n2-c1ccccc1. The summed E-state index contributed by atoms with van der Waals surface area (Å²) in [7, 11) is 0. The quantitative estimate of drug-likeness (QED) is 0.175. The van der Waals surface area contributed by atoms with Crippen molar-refractivity contribution >= 4 is 38.9 Å². The number of fused-ring (bicyclic) bond motifs is 13. The summed E-state index contributed by atoms with van der Waals surface area (Å²) >= 11 is 0. The Morgan fingerprint density at radius 2 is 0.889 bits per heavy atom. The van der Waals surface area contributed by atoms with E-state index in [1.807, 2.05) is 0 Å². The molecule has 0 fully saturated rings. The van der Waals surface area contributed by atoms with Crippen LogP contribution in [0.5, 0.6) is 0 Å². The van der Waals surface area contributed by atoms with Gasteiger partial charge >= 0.3 is 0 Å². The number of nitrogens with zero attached hydrogens (tertiary/aromatic N) is 2. The lowest BCUT2D eigenvalue weighted by atomic mass is 9.70. The van der Waals surface area contributed by atoms with E-state index in [1.165, 1.54) is 77.6 Å². The highest BCUT2D eigenvalue weighted by atomic mass is 15.1. The van der Waals surface area contributed by atoms with Crippen LogP contribution in [0.1, 0.15) is 47.6 Å². The Morgan fingerprint density at radius 3 is 1.50 bits per heavy atom. The summed E-state index contributed by atoms with van der Waals surface area (Å²) in [5, 5.41) is 2.52. The molecular weight excluding hydrogens is 653 g/mol. The molecule has 2 nitrogen and oxygen atoms in total. The molecule has 8 aromatic carbocycles. The van der Waals surface area contributed by atoms with Crippen molar-refractivity contribution in [3.63, 3.8) is 0 Å². The molecule has 0 bridgehead atoms. The van der Waals surface area contributed by atoms with Gasteiger partial charge in [-0.15, -0.1) is 0 Å². The Balaban J connectivity index is 1.18. The first-order chi connectivity index (χ1) is 26.6. The summed E-state index contributed by atoms with van der Waals surface area (Å²) in [5.74, 6) is 0.433. The summed E-state index contributed by atoms with van der Waals surface area (Å²) in [6, 6.07) is 69.9. The summed E-state index contributed by atoms with van der Waals surface area (Å²) in [6.45, 7) is 4.56. The van der Waals surface area contributed by atoms with E-state index in [4.69, 9.17) is 0 Å². The molecule has 256 valence electrons. The minimum atomic E-state index is -0.405. The van der Waals surface area contributed by atoms with Gasteiger partial charge in [-0.25, -0.2) is 0 Å². The number of aromatic nitrogens is 1. The summed E-state index contributed by atoms with van der Waals surface area (Å²) in [6.07, 6.45) is 0. The van der Waals surface area contributed by atoms with E-state index in [0.29, 0.717) is 5.92 Å². The summed E-state index contributed by atoms with van der Waals surface area (Å²) in [4.78, 5) is 2.45. The number of hydrogen-bond donors (Lipinski definition) is 0. The fourth-order valence-corrected chi connectivity index (χ4v) is 9.63. The predicted octanol–water partition coefficient (Wildman–Crippen LogP) is 13.7. The van der Waals surface area contributed by atoms with Crippen LogP contribution in [0.25, 0.3) is 49.7 Å². The van der Waals surface area contributed by atoms with Crippen molar-refractivity contribution in [2.24, 2.45) is 0 Å². The Bertz CT molecular complexity index is 2850. The fourth-order valence-electron chi connectivity index (χ4n) is 9.63. The molecule has 1 heterocycles. The Morgan fingerprint density at radius 1 is 0.407 bits per heavy atom. The molecule has 54 heavy (non-hydrogen) atoms. The molecule has 2 aliphatic carbocycles. The number of para-hydroxylation sites is 2. The van der Waals surface area contributed by atoms with Crippen LogP contribution in [0.15, 0.2) is 188 Å². The van der Waals surface area contributed by atoms with Gasteiger partial charge in [0.1, 0.15) is 0 Å². The van der Waals surface area contributed by atoms with E-state index in [1.54, 1.807) is 0 Å². The van der Waals surface area contributed by atoms with Crippen molar-refractivity contribution < 1.29 is 0 Å². The summed E-state index contributed by atoms with van der Waals surface area (Å²) in [5.41, 5.74) is 18.6. The van der Waals surface area contributed by atoms with Crippen molar-refractivity contribution in [2.45, 2.75) is 25.2 Å². The van der Waals surface area contributed by atoms with Crippen molar-refractivity contribution in [1.82, 2.24) is 4.57 Å². The minimum Gasteiger partial charge on any atom is -0.310 e. The maximum atomic E-state index is 2.48. The second-order valence-electron chi connectivity index (χ2n) is 15.1. The lowest BCUT2D eigenvalue weighted by molar-refractivity contribution is 0.793. The van der Waals surface area contributed by atoms with Gasteiger partial charge in [0.15, 0.2) is 0 Å². The maximum absolute atomic E-state index is 2.48. The second kappa shape index (κ2) is 11.7. The first-order valence-electron chi connectivity index (χ1n) is 19.1. The monoisotopic (exact) mass is 690 g/mol. The molecule has 9 aromatic rings. The van der Waals surface area contributed by atoms with Gasteiger partial charge in [0.25, 0.3) is 0 Å². The number of benzene rings is 8. The third-order valence-electron chi connectivity index (χ3n) is 12.0. The largest absolute Gasteiger partial charge is 0.310 e. The van der Waals surface area contributed by atoms with Gasteiger partial charge in [-0.1, -0.05) is 135 Å². The molecule has 1 aromatic heterocycles. The lowest BCUT2D eigenvalue weighted by Crippen LogP contribution is -2.26. The van der Waals surface area contributed by atoms with Gasteiger partial charge in [0.2, 0.25) is 0 Å². The number of rotatable bonds is 5. The molecule has 0 aliphatic heterocycles. The molecule has 0 amide bonds. The van der Waals surface area contributed by atoms with Crippen LogP contribution >= 0.6 is 0 Å². The van der Waals surface area contributed by atoms with Gasteiger partial charge in [-0.3, -0.25) is 0 Å². The van der Waals surface area contributed by atoms with Crippen LogP contribution < -0.4 is 4.90 Å². The van der Waals surface area contributed by atoms with Gasteiger partial charge < -0.3 is 9.47 Å². The average Bonchev–Trinajstić information content (AvgIpc) is 3.83. The van der Waals surface area contributed by atoms with Crippen molar-refractivity contribution in [3.05, 3.63) is 216 Å². The van der Waals surface area contributed by atoms with Crippen molar-refractivity contribution in [3.8, 4) is 27.9 Å². The van der Waals surface area contributed by atoms with E-state index in [0.717, 1.165) is 17.1 Å². The van der Waals surface area contributed by atoms with E-state index < -0.39 is 5.41 Å². The third-order valence-corrected chi connectivity index (χ3v) is 12.0. The third kappa shape index (κ3) is 4.22. The van der Waals surface area contributed by atoms with Crippen molar-refractivity contribution in [1.29, 1.82) is 0 Å². The van der Waals surface area contributed by atoms with Gasteiger partial charge in [-0.05, 0) is 123 Å². The molecule has 2 aliphatic rings. The molecule has 2 heteroatoms. The maximum Gasteiger partial charge on any atom is 0.0726 e. The zero-order chi connectivity index (χ0) is 36.0. The molecule has 0 saturated carbocycles. The topological polar surface area (TPSA) is 8.17 Å². The molecular formula is C52H38N2. The van der Waals surface area contributed by atoms with Crippen molar-refractivity contribution in [2.75, 3.05) is 4.90 Å². The normalized spacial score (nSPS) is 13.3. The highest BCUT2D eigenvalue weighted by molar-refractivity contribution is 6.11. The standard InChI is InChI=1S/C52H38N2/c1-34(2)35-25-29-50-44(31-35)45-32-38(27-30-51(45)54(50)37-17-7-4-8-18-37)53(36-15-5-3-6-16-36)39-26-28-43-42-21-11-14-24-48(42)52(49(43)33-39)46-22-12-9-19-40(46)41-20-10-13-23-47(41)52/h3-34H,1-2H3. The molecule has 0 saturated heterocycles. The molecule has 0 N–H and O–H groups in total. The Labute approximate surface area is 316 Å². The van der Waals surface area contributed by atoms with Crippen LogP contribution in [0, 0.1) is 0 Å². The average molecular weight is 691 g/mol. The zero-order valence-electron chi connectivity index (χ0n) is 30.4. The molecule has 0 radical (unpaired) electrons. The van der Waals surface area contributed by atoms with E-state index in [9.17, 15) is 0 Å². The minimum absolute atomic E-state index is 0.405. The molecule has 1 spiro atoms. The molecule has 11 rings (SSSR count). The van der Waals surface area contributed by atoms with E-state index in [-0.39, 0.29) is 0 Å². The van der Waals surface area contributed by atoms with Crippen LogP contribution in [0.3, 0.4) is 0 Å².